The first kappa shape index (κ1) is 23.3. The van der Waals surface area contributed by atoms with Crippen LogP contribution in [0.15, 0.2) is 24.3 Å². The largest absolute Gasteiger partial charge is 0.353 e. The Morgan fingerprint density at radius 2 is 1.55 bits per heavy atom. The summed E-state index contributed by atoms with van der Waals surface area (Å²) >= 11 is 0. The van der Waals surface area contributed by atoms with E-state index in [0.29, 0.717) is 25.2 Å². The van der Waals surface area contributed by atoms with Gasteiger partial charge in [0.05, 0.1) is 5.92 Å². The molecule has 0 radical (unpaired) electrons. The molecule has 31 heavy (non-hydrogen) atoms. The Balaban J connectivity index is 1.50. The molecule has 3 rings (SSSR count). The van der Waals surface area contributed by atoms with Crippen LogP contribution in [0.1, 0.15) is 76.7 Å². The maximum absolute atomic E-state index is 12.9. The molecule has 1 unspecified atom stereocenters. The highest BCUT2D eigenvalue weighted by molar-refractivity contribution is 5.94. The molecule has 2 fully saturated rings. The summed E-state index contributed by atoms with van der Waals surface area (Å²) in [5, 5.41) is 3.12. The van der Waals surface area contributed by atoms with Gasteiger partial charge in [0.2, 0.25) is 11.8 Å². The van der Waals surface area contributed by atoms with Crippen molar-refractivity contribution in [3.63, 3.8) is 0 Å². The molecule has 1 aromatic rings. The molecule has 1 N–H and O–H groups in total. The third kappa shape index (κ3) is 5.46. The van der Waals surface area contributed by atoms with E-state index in [1.165, 1.54) is 5.56 Å². The molecule has 1 aromatic carbocycles. The Kier molecular flexibility index (Phi) is 6.49. The number of piperidine rings is 1. The summed E-state index contributed by atoms with van der Waals surface area (Å²) in [6.45, 7) is 14.2. The van der Waals surface area contributed by atoms with Gasteiger partial charge in [0.1, 0.15) is 0 Å². The summed E-state index contributed by atoms with van der Waals surface area (Å²) < 4.78 is 0. The Hall–Kier alpha value is -2.37. The molecule has 6 nitrogen and oxygen atoms in total. The first-order valence-electron chi connectivity index (χ1n) is 11.4. The van der Waals surface area contributed by atoms with Crippen LogP contribution in [-0.4, -0.2) is 58.7 Å². The molecule has 2 aliphatic rings. The lowest BCUT2D eigenvalue weighted by molar-refractivity contribution is -0.132. The van der Waals surface area contributed by atoms with Crippen LogP contribution in [0.4, 0.5) is 0 Å². The second-order valence-corrected chi connectivity index (χ2v) is 11.0. The van der Waals surface area contributed by atoms with E-state index in [9.17, 15) is 14.4 Å². The van der Waals surface area contributed by atoms with Crippen molar-refractivity contribution >= 4 is 17.7 Å². The highest BCUT2D eigenvalue weighted by Crippen LogP contribution is 2.27. The third-order valence-electron chi connectivity index (χ3n) is 6.43. The highest BCUT2D eigenvalue weighted by atomic mass is 16.2. The van der Waals surface area contributed by atoms with Crippen LogP contribution in [0.3, 0.4) is 0 Å². The van der Waals surface area contributed by atoms with Gasteiger partial charge in [0, 0.05) is 43.2 Å². The van der Waals surface area contributed by atoms with Crippen LogP contribution in [0.5, 0.6) is 0 Å². The van der Waals surface area contributed by atoms with Crippen LogP contribution in [0.2, 0.25) is 0 Å². The minimum atomic E-state index is -0.285. The number of hydrogen-bond acceptors (Lipinski definition) is 3. The number of nitrogens with one attached hydrogen (secondary N) is 1. The van der Waals surface area contributed by atoms with Crippen LogP contribution in [-0.2, 0) is 15.0 Å². The lowest BCUT2D eigenvalue weighted by Gasteiger charge is -2.33. The van der Waals surface area contributed by atoms with Crippen molar-refractivity contribution in [2.24, 2.45) is 5.92 Å². The van der Waals surface area contributed by atoms with E-state index >= 15 is 0 Å². The predicted octanol–water partition coefficient (Wildman–Crippen LogP) is 3.35. The molecule has 6 heteroatoms. The van der Waals surface area contributed by atoms with E-state index in [-0.39, 0.29) is 47.1 Å². The van der Waals surface area contributed by atoms with Gasteiger partial charge in [-0.15, -0.1) is 0 Å². The number of hydrogen-bond donors (Lipinski definition) is 1. The first-order valence-corrected chi connectivity index (χ1v) is 11.4. The van der Waals surface area contributed by atoms with Crippen LogP contribution in [0, 0.1) is 5.92 Å². The van der Waals surface area contributed by atoms with Crippen molar-refractivity contribution < 1.29 is 14.4 Å². The summed E-state index contributed by atoms with van der Waals surface area (Å²) in [4.78, 5) is 41.5. The summed E-state index contributed by atoms with van der Waals surface area (Å²) in [7, 11) is 0. The lowest BCUT2D eigenvalue weighted by Crippen LogP contribution is -2.48. The van der Waals surface area contributed by atoms with Gasteiger partial charge in [0.15, 0.2) is 0 Å². The van der Waals surface area contributed by atoms with E-state index in [1.807, 2.05) is 49.9 Å². The predicted molar refractivity (Wildman–Crippen MR) is 122 cm³/mol. The number of nitrogens with zero attached hydrogens (tertiary/aromatic N) is 2. The summed E-state index contributed by atoms with van der Waals surface area (Å²) in [5.41, 5.74) is 1.72. The fraction of sp³-hybridized carbons (Fsp3) is 0.640. The quantitative estimate of drug-likeness (QED) is 0.804. The molecule has 0 aliphatic carbocycles. The topological polar surface area (TPSA) is 69.7 Å². The Morgan fingerprint density at radius 3 is 2.03 bits per heavy atom. The fourth-order valence-corrected chi connectivity index (χ4v) is 4.37. The molecular weight excluding hydrogens is 390 g/mol. The standard InChI is InChI=1S/C25H37N3O3/c1-24(2,3)19-9-7-17(8-10-19)23(31)27-13-11-20(12-14-27)26-22(30)18-15-21(29)28(16-18)25(4,5)6/h7-10,18,20H,11-16H2,1-6H3,(H,26,30). The van der Waals surface area contributed by atoms with Crippen molar-refractivity contribution in [2.75, 3.05) is 19.6 Å². The zero-order valence-corrected chi connectivity index (χ0v) is 19.8. The van der Waals surface area contributed by atoms with Crippen molar-refractivity contribution in [3.8, 4) is 0 Å². The van der Waals surface area contributed by atoms with E-state index in [4.69, 9.17) is 0 Å². The molecule has 2 heterocycles. The first-order chi connectivity index (χ1) is 14.4. The Bertz CT molecular complexity index is 825. The number of likely N-dealkylation sites (tertiary alicyclic amines) is 2. The summed E-state index contributed by atoms with van der Waals surface area (Å²) in [6.07, 6.45) is 1.76. The number of rotatable bonds is 3. The molecule has 170 valence electrons. The third-order valence-corrected chi connectivity index (χ3v) is 6.43. The highest BCUT2D eigenvalue weighted by Gasteiger charge is 2.40. The number of benzene rings is 1. The van der Waals surface area contributed by atoms with Crippen molar-refractivity contribution in [2.45, 2.75) is 77.8 Å². The zero-order chi connectivity index (χ0) is 23.0. The molecule has 0 spiro atoms. The van der Waals surface area contributed by atoms with Crippen LogP contribution in [0.25, 0.3) is 0 Å². The van der Waals surface area contributed by atoms with Gasteiger partial charge in [-0.25, -0.2) is 0 Å². The van der Waals surface area contributed by atoms with E-state index in [1.54, 1.807) is 4.90 Å². The zero-order valence-electron chi connectivity index (χ0n) is 19.8. The number of carbonyl (C=O) groups excluding carboxylic acids is 3. The van der Waals surface area contributed by atoms with Crippen LogP contribution < -0.4 is 5.32 Å². The van der Waals surface area contributed by atoms with E-state index < -0.39 is 0 Å². The minimum absolute atomic E-state index is 0.0392. The fourth-order valence-electron chi connectivity index (χ4n) is 4.37. The SMILES string of the molecule is CC(C)(C)c1ccc(C(=O)N2CCC(NC(=O)C3CC(=O)N(C(C)(C)C)C3)CC2)cc1. The number of amides is 3. The van der Waals surface area contributed by atoms with Gasteiger partial charge in [-0.05, 0) is 56.7 Å². The van der Waals surface area contributed by atoms with E-state index in [0.717, 1.165) is 12.8 Å². The van der Waals surface area contributed by atoms with Gasteiger partial charge in [-0.1, -0.05) is 32.9 Å². The smallest absolute Gasteiger partial charge is 0.253 e. The molecule has 0 bridgehead atoms. The molecule has 2 aliphatic heterocycles. The average Bonchev–Trinajstić information content (AvgIpc) is 3.10. The van der Waals surface area contributed by atoms with Gasteiger partial charge >= 0.3 is 0 Å². The summed E-state index contributed by atoms with van der Waals surface area (Å²) in [6, 6.07) is 7.94. The maximum Gasteiger partial charge on any atom is 0.253 e. The summed E-state index contributed by atoms with van der Waals surface area (Å²) in [5.74, 6) is -0.228. The molecule has 1 atom stereocenters. The van der Waals surface area contributed by atoms with Gasteiger partial charge in [-0.2, -0.15) is 0 Å². The second kappa shape index (κ2) is 8.64. The normalized spacial score (nSPS) is 20.8. The van der Waals surface area contributed by atoms with E-state index in [2.05, 4.69) is 26.1 Å². The van der Waals surface area contributed by atoms with Crippen molar-refractivity contribution in [1.82, 2.24) is 15.1 Å². The monoisotopic (exact) mass is 427 g/mol. The van der Waals surface area contributed by atoms with Crippen molar-refractivity contribution in [1.29, 1.82) is 0 Å². The average molecular weight is 428 g/mol. The van der Waals surface area contributed by atoms with Gasteiger partial charge in [0.25, 0.3) is 5.91 Å². The second-order valence-electron chi connectivity index (χ2n) is 11.0. The minimum Gasteiger partial charge on any atom is -0.353 e. The molecule has 0 saturated carbocycles. The molecular formula is C25H37N3O3. The Labute approximate surface area is 186 Å². The van der Waals surface area contributed by atoms with Crippen molar-refractivity contribution in [3.05, 3.63) is 35.4 Å². The van der Waals surface area contributed by atoms with Gasteiger partial charge in [-0.3, -0.25) is 14.4 Å². The van der Waals surface area contributed by atoms with Crippen LogP contribution >= 0.6 is 0 Å². The molecule has 0 aromatic heterocycles. The molecule has 2 saturated heterocycles. The maximum atomic E-state index is 12.9. The lowest BCUT2D eigenvalue weighted by atomic mass is 9.86. The molecule has 3 amide bonds. The van der Waals surface area contributed by atoms with Gasteiger partial charge < -0.3 is 15.1 Å². The number of carbonyl (C=O) groups is 3. The Morgan fingerprint density at radius 1 is 0.968 bits per heavy atom.